The largest absolute Gasteiger partial charge is 0.379 e. The number of nitro benzene ring substituents is 1. The standard InChI is InChI=1S/C17H15FN4O2/c18-16-10-15(22(23)24)6-7-17(16)19-11-13-2-4-14(5-3-13)12-21-9-1-8-20-21/h1-10,19H,11-12H2. The van der Waals surface area contributed by atoms with Gasteiger partial charge in [-0.1, -0.05) is 24.3 Å². The van der Waals surface area contributed by atoms with Crippen LogP contribution in [0.3, 0.4) is 0 Å². The van der Waals surface area contributed by atoms with Crippen molar-refractivity contribution >= 4 is 11.4 Å². The highest BCUT2D eigenvalue weighted by atomic mass is 19.1. The van der Waals surface area contributed by atoms with Crippen molar-refractivity contribution in [1.82, 2.24) is 9.78 Å². The molecule has 0 aliphatic rings. The second kappa shape index (κ2) is 6.91. The third-order valence-electron chi connectivity index (χ3n) is 3.57. The number of hydrogen-bond donors (Lipinski definition) is 1. The first-order valence-electron chi connectivity index (χ1n) is 7.35. The number of hydrogen-bond acceptors (Lipinski definition) is 4. The van der Waals surface area contributed by atoms with Gasteiger partial charge in [0.2, 0.25) is 0 Å². The Balaban J connectivity index is 1.61. The van der Waals surface area contributed by atoms with Crippen molar-refractivity contribution < 1.29 is 9.31 Å². The van der Waals surface area contributed by atoms with Crippen LogP contribution in [0.15, 0.2) is 60.9 Å². The van der Waals surface area contributed by atoms with E-state index in [1.807, 2.05) is 41.2 Å². The third kappa shape index (κ3) is 3.75. The van der Waals surface area contributed by atoms with Gasteiger partial charge in [-0.15, -0.1) is 0 Å². The fourth-order valence-electron chi connectivity index (χ4n) is 2.30. The minimum absolute atomic E-state index is 0.237. The van der Waals surface area contributed by atoms with Gasteiger partial charge in [0, 0.05) is 25.0 Å². The molecule has 0 saturated heterocycles. The fraction of sp³-hybridized carbons (Fsp3) is 0.118. The fourth-order valence-corrected chi connectivity index (χ4v) is 2.30. The Morgan fingerprint density at radius 2 is 1.92 bits per heavy atom. The molecule has 0 saturated carbocycles. The molecule has 0 aliphatic carbocycles. The first kappa shape index (κ1) is 15.7. The van der Waals surface area contributed by atoms with Crippen LogP contribution in [0.2, 0.25) is 0 Å². The minimum atomic E-state index is -0.639. The molecule has 7 heteroatoms. The summed E-state index contributed by atoms with van der Waals surface area (Å²) in [6.07, 6.45) is 3.63. The van der Waals surface area contributed by atoms with Crippen molar-refractivity contribution in [3.8, 4) is 0 Å². The molecule has 0 bridgehead atoms. The van der Waals surface area contributed by atoms with Gasteiger partial charge in [-0.05, 0) is 23.3 Å². The van der Waals surface area contributed by atoms with E-state index in [1.165, 1.54) is 12.1 Å². The van der Waals surface area contributed by atoms with Gasteiger partial charge in [-0.25, -0.2) is 4.39 Å². The van der Waals surface area contributed by atoms with Crippen LogP contribution in [0.25, 0.3) is 0 Å². The maximum atomic E-state index is 13.8. The first-order chi connectivity index (χ1) is 11.6. The van der Waals surface area contributed by atoms with Gasteiger partial charge in [-0.3, -0.25) is 14.8 Å². The van der Waals surface area contributed by atoms with Gasteiger partial charge in [-0.2, -0.15) is 5.10 Å². The normalized spacial score (nSPS) is 10.5. The number of benzene rings is 2. The SMILES string of the molecule is O=[N+]([O-])c1ccc(NCc2ccc(Cn3cccn3)cc2)c(F)c1. The second-order valence-corrected chi connectivity index (χ2v) is 5.29. The number of nitrogens with one attached hydrogen (secondary N) is 1. The summed E-state index contributed by atoms with van der Waals surface area (Å²) >= 11 is 0. The molecule has 3 rings (SSSR count). The lowest BCUT2D eigenvalue weighted by atomic mass is 10.1. The molecule has 0 atom stereocenters. The Kier molecular flexibility index (Phi) is 4.51. The zero-order valence-electron chi connectivity index (χ0n) is 12.7. The predicted molar refractivity (Wildman–Crippen MR) is 88.2 cm³/mol. The molecule has 0 fully saturated rings. The summed E-state index contributed by atoms with van der Waals surface area (Å²) in [4.78, 5) is 9.98. The third-order valence-corrected chi connectivity index (χ3v) is 3.57. The van der Waals surface area contributed by atoms with E-state index < -0.39 is 10.7 Å². The van der Waals surface area contributed by atoms with E-state index in [0.717, 1.165) is 17.2 Å². The predicted octanol–water partition coefficient (Wildman–Crippen LogP) is 3.59. The van der Waals surface area contributed by atoms with Crippen LogP contribution in [0.5, 0.6) is 0 Å². The number of halogens is 1. The summed E-state index contributed by atoms with van der Waals surface area (Å²) in [5.74, 6) is -0.639. The molecule has 3 aromatic rings. The number of rotatable bonds is 6. The molecule has 6 nitrogen and oxygen atoms in total. The summed E-state index contributed by atoms with van der Waals surface area (Å²) in [6.45, 7) is 1.12. The van der Waals surface area contributed by atoms with Crippen molar-refractivity contribution in [2.24, 2.45) is 0 Å². The summed E-state index contributed by atoms with van der Waals surface area (Å²) in [7, 11) is 0. The molecule has 122 valence electrons. The van der Waals surface area contributed by atoms with Crippen molar-refractivity contribution in [2.75, 3.05) is 5.32 Å². The van der Waals surface area contributed by atoms with E-state index in [9.17, 15) is 14.5 Å². The Morgan fingerprint density at radius 1 is 1.17 bits per heavy atom. The Bertz CT molecular complexity index is 832. The van der Waals surface area contributed by atoms with E-state index in [-0.39, 0.29) is 11.4 Å². The van der Waals surface area contributed by atoms with E-state index in [0.29, 0.717) is 13.1 Å². The molecule has 1 heterocycles. The van der Waals surface area contributed by atoms with Crippen molar-refractivity contribution in [2.45, 2.75) is 13.1 Å². The van der Waals surface area contributed by atoms with Crippen LogP contribution in [0, 0.1) is 15.9 Å². The van der Waals surface area contributed by atoms with Gasteiger partial charge in [0.1, 0.15) is 0 Å². The number of nitrogens with zero attached hydrogens (tertiary/aromatic N) is 3. The van der Waals surface area contributed by atoms with Crippen molar-refractivity contribution in [3.05, 3.63) is 88.0 Å². The summed E-state index contributed by atoms with van der Waals surface area (Å²) in [5.41, 5.74) is 2.07. The molecule has 0 radical (unpaired) electrons. The number of nitro groups is 1. The Hall–Kier alpha value is -3.22. The van der Waals surface area contributed by atoms with Crippen LogP contribution in [-0.4, -0.2) is 14.7 Å². The van der Waals surface area contributed by atoms with E-state index >= 15 is 0 Å². The van der Waals surface area contributed by atoms with Gasteiger partial charge in [0.25, 0.3) is 5.69 Å². The Morgan fingerprint density at radius 3 is 2.54 bits per heavy atom. The minimum Gasteiger partial charge on any atom is -0.379 e. The monoisotopic (exact) mass is 326 g/mol. The molecule has 24 heavy (non-hydrogen) atoms. The molecule has 1 aromatic heterocycles. The van der Waals surface area contributed by atoms with Crippen LogP contribution < -0.4 is 5.32 Å². The summed E-state index contributed by atoms with van der Waals surface area (Å²) < 4.78 is 15.6. The molecule has 0 unspecified atom stereocenters. The molecule has 0 spiro atoms. The number of aromatic nitrogens is 2. The molecule has 2 aromatic carbocycles. The van der Waals surface area contributed by atoms with E-state index in [1.54, 1.807) is 6.20 Å². The smallest absolute Gasteiger partial charge is 0.272 e. The average Bonchev–Trinajstić information content (AvgIpc) is 3.08. The highest BCUT2D eigenvalue weighted by molar-refractivity contribution is 5.50. The average molecular weight is 326 g/mol. The molecular formula is C17H15FN4O2. The Labute approximate surface area is 137 Å². The van der Waals surface area contributed by atoms with Gasteiger partial charge < -0.3 is 5.32 Å². The van der Waals surface area contributed by atoms with E-state index in [2.05, 4.69) is 10.4 Å². The molecular weight excluding hydrogens is 311 g/mol. The topological polar surface area (TPSA) is 73.0 Å². The molecule has 0 aliphatic heterocycles. The quantitative estimate of drug-likeness (QED) is 0.555. The van der Waals surface area contributed by atoms with E-state index in [4.69, 9.17) is 0 Å². The zero-order chi connectivity index (χ0) is 16.9. The van der Waals surface area contributed by atoms with Gasteiger partial charge in [0.15, 0.2) is 5.82 Å². The lowest BCUT2D eigenvalue weighted by molar-refractivity contribution is -0.385. The summed E-state index contributed by atoms with van der Waals surface area (Å²) in [6, 6.07) is 13.3. The maximum Gasteiger partial charge on any atom is 0.272 e. The van der Waals surface area contributed by atoms with Crippen molar-refractivity contribution in [1.29, 1.82) is 0 Å². The number of anilines is 1. The lowest BCUT2D eigenvalue weighted by Crippen LogP contribution is -2.03. The van der Waals surface area contributed by atoms with Crippen molar-refractivity contribution in [3.63, 3.8) is 0 Å². The highest BCUT2D eigenvalue weighted by Gasteiger charge is 2.10. The summed E-state index contributed by atoms with van der Waals surface area (Å²) in [5, 5.41) is 17.7. The van der Waals surface area contributed by atoms with Crippen LogP contribution in [-0.2, 0) is 13.1 Å². The maximum absolute atomic E-state index is 13.8. The zero-order valence-corrected chi connectivity index (χ0v) is 12.7. The van der Waals surface area contributed by atoms with Crippen LogP contribution in [0.1, 0.15) is 11.1 Å². The van der Waals surface area contributed by atoms with Crippen LogP contribution >= 0.6 is 0 Å². The molecule has 0 amide bonds. The number of non-ortho nitro benzene ring substituents is 1. The first-order valence-corrected chi connectivity index (χ1v) is 7.35. The van der Waals surface area contributed by atoms with Gasteiger partial charge in [0.05, 0.1) is 23.2 Å². The second-order valence-electron chi connectivity index (χ2n) is 5.29. The lowest BCUT2D eigenvalue weighted by Gasteiger charge is -2.08. The van der Waals surface area contributed by atoms with Crippen LogP contribution in [0.4, 0.5) is 15.8 Å². The highest BCUT2D eigenvalue weighted by Crippen LogP contribution is 2.21. The van der Waals surface area contributed by atoms with Gasteiger partial charge >= 0.3 is 0 Å². The molecule has 1 N–H and O–H groups in total.